The van der Waals surface area contributed by atoms with E-state index in [4.69, 9.17) is 11.6 Å². The van der Waals surface area contributed by atoms with Crippen LogP contribution in [0.15, 0.2) is 30.6 Å². The van der Waals surface area contributed by atoms with Crippen LogP contribution in [0, 0.1) is 0 Å². The fourth-order valence-corrected chi connectivity index (χ4v) is 1.60. The Labute approximate surface area is 97.8 Å². The Bertz CT molecular complexity index is 552. The lowest BCUT2D eigenvalue weighted by molar-refractivity contribution is -0.107. The lowest BCUT2D eigenvalue weighted by Crippen LogP contribution is -1.84. The van der Waals surface area contributed by atoms with Gasteiger partial charge >= 0.3 is 0 Å². The maximum absolute atomic E-state index is 10.2. The topological polar surface area (TPSA) is 42.9 Å². The molecule has 1 aromatic carbocycles. The first-order valence-corrected chi connectivity index (χ1v) is 5.19. The van der Waals surface area contributed by atoms with E-state index in [1.54, 1.807) is 6.08 Å². The third-order valence-corrected chi connectivity index (χ3v) is 2.45. The third-order valence-electron chi connectivity index (χ3n) is 2.15. The first-order valence-electron chi connectivity index (χ1n) is 4.81. The highest BCUT2D eigenvalue weighted by atomic mass is 35.5. The summed E-state index contributed by atoms with van der Waals surface area (Å²) in [6.45, 7) is 0. The molecular formula is C12H9ClN2O. The van der Waals surface area contributed by atoms with Crippen LogP contribution in [0.4, 0.5) is 0 Å². The largest absolute Gasteiger partial charge is 0.303 e. The summed E-state index contributed by atoms with van der Waals surface area (Å²) >= 11 is 5.96. The van der Waals surface area contributed by atoms with Gasteiger partial charge in [0, 0.05) is 11.8 Å². The Morgan fingerprint density at radius 2 is 2.19 bits per heavy atom. The molecule has 1 heterocycles. The van der Waals surface area contributed by atoms with Gasteiger partial charge < -0.3 is 4.79 Å². The Balaban J connectivity index is 2.43. The van der Waals surface area contributed by atoms with Crippen molar-refractivity contribution in [2.45, 2.75) is 6.42 Å². The zero-order chi connectivity index (χ0) is 11.4. The number of hydrogen-bond donors (Lipinski definition) is 0. The van der Waals surface area contributed by atoms with Crippen LogP contribution in [0.2, 0.25) is 5.15 Å². The highest BCUT2D eigenvalue weighted by Gasteiger charge is 2.00. The Hall–Kier alpha value is -1.74. The van der Waals surface area contributed by atoms with Crippen LogP contribution in [-0.2, 0) is 4.79 Å². The van der Waals surface area contributed by atoms with Gasteiger partial charge in [-0.1, -0.05) is 29.8 Å². The maximum Gasteiger partial charge on any atom is 0.140 e. The van der Waals surface area contributed by atoms with Crippen LogP contribution in [0.25, 0.3) is 17.0 Å². The normalized spacial score (nSPS) is 11.1. The summed E-state index contributed by atoms with van der Waals surface area (Å²) in [4.78, 5) is 18.2. The summed E-state index contributed by atoms with van der Waals surface area (Å²) in [5, 5.41) is 1.26. The summed E-state index contributed by atoms with van der Waals surface area (Å²) in [5.74, 6) is 0. The van der Waals surface area contributed by atoms with Crippen LogP contribution < -0.4 is 0 Å². The van der Waals surface area contributed by atoms with E-state index in [-0.39, 0.29) is 0 Å². The van der Waals surface area contributed by atoms with Gasteiger partial charge in [0.15, 0.2) is 0 Å². The minimum atomic E-state index is 0.414. The van der Waals surface area contributed by atoms with E-state index in [9.17, 15) is 4.79 Å². The molecular weight excluding hydrogens is 224 g/mol. The lowest BCUT2D eigenvalue weighted by atomic mass is 10.1. The minimum Gasteiger partial charge on any atom is -0.303 e. The van der Waals surface area contributed by atoms with Gasteiger partial charge in [-0.25, -0.2) is 9.97 Å². The molecule has 0 aliphatic carbocycles. The number of aromatic nitrogens is 2. The van der Waals surface area contributed by atoms with Gasteiger partial charge in [0.25, 0.3) is 0 Å². The third kappa shape index (κ3) is 2.25. The second-order valence-electron chi connectivity index (χ2n) is 3.25. The summed E-state index contributed by atoms with van der Waals surface area (Å²) in [6, 6.07) is 5.70. The molecule has 2 rings (SSSR count). The van der Waals surface area contributed by atoms with Crippen LogP contribution in [0.1, 0.15) is 12.0 Å². The molecule has 0 aliphatic rings. The average molecular weight is 233 g/mol. The van der Waals surface area contributed by atoms with Crippen LogP contribution in [-0.4, -0.2) is 16.3 Å². The fraction of sp³-hybridized carbons (Fsp3) is 0.0833. The molecule has 1 aromatic heterocycles. The van der Waals surface area contributed by atoms with Gasteiger partial charge in [-0.05, 0) is 17.7 Å². The zero-order valence-corrected chi connectivity index (χ0v) is 9.19. The molecule has 0 aliphatic heterocycles. The van der Waals surface area contributed by atoms with Gasteiger partial charge in [0.2, 0.25) is 0 Å². The zero-order valence-electron chi connectivity index (χ0n) is 8.43. The number of carbonyl (C=O) groups excluding carboxylic acids is 1. The van der Waals surface area contributed by atoms with Gasteiger partial charge in [0.1, 0.15) is 17.8 Å². The van der Waals surface area contributed by atoms with E-state index in [0.29, 0.717) is 11.6 Å². The van der Waals surface area contributed by atoms with E-state index in [1.807, 2.05) is 24.3 Å². The standard InChI is InChI=1S/C12H9ClN2O/c13-12-10-7-9(3-1-2-6-16)4-5-11(10)14-8-15-12/h1,3-8H,2H2. The lowest BCUT2D eigenvalue weighted by Gasteiger charge is -1.99. The van der Waals surface area contributed by atoms with Crippen molar-refractivity contribution < 1.29 is 4.79 Å². The molecule has 0 atom stereocenters. The molecule has 0 fully saturated rings. The van der Waals surface area contributed by atoms with Crippen molar-refractivity contribution in [1.82, 2.24) is 9.97 Å². The van der Waals surface area contributed by atoms with Crippen molar-refractivity contribution >= 4 is 34.9 Å². The van der Waals surface area contributed by atoms with Crippen LogP contribution in [0.3, 0.4) is 0 Å². The highest BCUT2D eigenvalue weighted by molar-refractivity contribution is 6.34. The van der Waals surface area contributed by atoms with E-state index >= 15 is 0 Å². The molecule has 0 amide bonds. The molecule has 0 spiro atoms. The molecule has 16 heavy (non-hydrogen) atoms. The fourth-order valence-electron chi connectivity index (χ4n) is 1.41. The van der Waals surface area contributed by atoms with E-state index in [2.05, 4.69) is 9.97 Å². The van der Waals surface area contributed by atoms with Crippen LogP contribution >= 0.6 is 11.6 Å². The number of aldehydes is 1. The van der Waals surface area contributed by atoms with Crippen molar-refractivity contribution in [1.29, 1.82) is 0 Å². The molecule has 3 nitrogen and oxygen atoms in total. The number of nitrogens with zero attached hydrogens (tertiary/aromatic N) is 2. The van der Waals surface area contributed by atoms with E-state index in [0.717, 1.165) is 22.8 Å². The second kappa shape index (κ2) is 4.86. The predicted octanol–water partition coefficient (Wildman–Crippen LogP) is 2.89. The van der Waals surface area contributed by atoms with Gasteiger partial charge in [-0.2, -0.15) is 0 Å². The molecule has 0 N–H and O–H groups in total. The van der Waals surface area contributed by atoms with E-state index in [1.165, 1.54) is 6.33 Å². The van der Waals surface area contributed by atoms with Crippen molar-refractivity contribution in [2.75, 3.05) is 0 Å². The Kier molecular flexibility index (Phi) is 3.27. The number of rotatable bonds is 3. The smallest absolute Gasteiger partial charge is 0.140 e. The predicted molar refractivity (Wildman–Crippen MR) is 64.3 cm³/mol. The molecule has 4 heteroatoms. The maximum atomic E-state index is 10.2. The van der Waals surface area contributed by atoms with Crippen molar-refractivity contribution in [3.63, 3.8) is 0 Å². The number of fused-ring (bicyclic) bond motifs is 1. The summed E-state index contributed by atoms with van der Waals surface area (Å²) < 4.78 is 0. The molecule has 0 saturated carbocycles. The quantitative estimate of drug-likeness (QED) is 0.604. The minimum absolute atomic E-state index is 0.414. The molecule has 2 aromatic rings. The monoisotopic (exact) mass is 232 g/mol. The molecule has 80 valence electrons. The number of hydrogen-bond acceptors (Lipinski definition) is 3. The summed E-state index contributed by atoms with van der Waals surface area (Å²) in [5.41, 5.74) is 1.79. The first-order chi connectivity index (χ1) is 7.81. The number of halogens is 1. The first kappa shape index (κ1) is 10.8. The average Bonchev–Trinajstić information content (AvgIpc) is 2.30. The summed E-state index contributed by atoms with van der Waals surface area (Å²) in [6.07, 6.45) is 6.38. The Morgan fingerprint density at radius 1 is 1.31 bits per heavy atom. The number of benzene rings is 1. The highest BCUT2D eigenvalue weighted by Crippen LogP contribution is 2.20. The van der Waals surface area contributed by atoms with Crippen LogP contribution in [0.5, 0.6) is 0 Å². The van der Waals surface area contributed by atoms with Gasteiger partial charge in [-0.3, -0.25) is 0 Å². The molecule has 0 bridgehead atoms. The van der Waals surface area contributed by atoms with Crippen molar-refractivity contribution in [3.05, 3.63) is 41.3 Å². The van der Waals surface area contributed by atoms with Gasteiger partial charge in [0.05, 0.1) is 5.52 Å². The van der Waals surface area contributed by atoms with Crippen molar-refractivity contribution in [3.8, 4) is 0 Å². The SMILES string of the molecule is O=CCC=Cc1ccc2ncnc(Cl)c2c1. The molecule has 0 saturated heterocycles. The number of allylic oxidation sites excluding steroid dienone is 1. The second-order valence-corrected chi connectivity index (χ2v) is 3.60. The summed E-state index contributed by atoms with van der Waals surface area (Å²) in [7, 11) is 0. The van der Waals surface area contributed by atoms with Gasteiger partial charge in [-0.15, -0.1) is 0 Å². The van der Waals surface area contributed by atoms with E-state index < -0.39 is 0 Å². The molecule has 0 unspecified atom stereocenters. The van der Waals surface area contributed by atoms with Crippen molar-refractivity contribution in [2.24, 2.45) is 0 Å². The number of carbonyl (C=O) groups is 1. The molecule has 0 radical (unpaired) electrons. The Morgan fingerprint density at radius 3 is 3.00 bits per heavy atom.